The molecule has 1 fully saturated rings. The second-order valence-corrected chi connectivity index (χ2v) is 9.34. The van der Waals surface area contributed by atoms with Crippen molar-refractivity contribution in [3.05, 3.63) is 100 Å². The number of fused-ring (bicyclic) bond motifs is 1. The minimum Gasteiger partial charge on any atom is -0.494 e. The van der Waals surface area contributed by atoms with Crippen LogP contribution in [0.4, 0.5) is 5.82 Å². The molecule has 0 aliphatic carbocycles. The molecule has 7 heteroatoms. The van der Waals surface area contributed by atoms with E-state index >= 15 is 0 Å². The van der Waals surface area contributed by atoms with Gasteiger partial charge in [0.15, 0.2) is 5.82 Å². The predicted molar refractivity (Wildman–Crippen MR) is 146 cm³/mol. The van der Waals surface area contributed by atoms with Crippen LogP contribution in [0.3, 0.4) is 0 Å². The average molecular weight is 497 g/mol. The van der Waals surface area contributed by atoms with Gasteiger partial charge in [0, 0.05) is 25.2 Å². The van der Waals surface area contributed by atoms with Gasteiger partial charge in [-0.3, -0.25) is 14.2 Å². The number of nitrogens with zero attached hydrogens (tertiary/aromatic N) is 3. The van der Waals surface area contributed by atoms with Gasteiger partial charge in [-0.05, 0) is 43.5 Å². The molecule has 0 radical (unpaired) electrons. The van der Waals surface area contributed by atoms with Crippen LogP contribution >= 0.6 is 0 Å². The number of amides is 1. The van der Waals surface area contributed by atoms with Gasteiger partial charge < -0.3 is 15.0 Å². The molecule has 190 valence electrons. The highest BCUT2D eigenvalue weighted by Crippen LogP contribution is 2.23. The number of aromatic nitrogens is 2. The molecule has 0 spiro atoms. The third-order valence-electron chi connectivity index (χ3n) is 6.84. The second kappa shape index (κ2) is 11.3. The summed E-state index contributed by atoms with van der Waals surface area (Å²) < 4.78 is 7.48. The quantitative estimate of drug-likeness (QED) is 0.392. The van der Waals surface area contributed by atoms with Crippen molar-refractivity contribution in [3.63, 3.8) is 0 Å². The van der Waals surface area contributed by atoms with Gasteiger partial charge in [0.1, 0.15) is 5.75 Å². The van der Waals surface area contributed by atoms with Crippen molar-refractivity contribution in [2.75, 3.05) is 24.6 Å². The molecular formula is C30H32N4O3. The van der Waals surface area contributed by atoms with Gasteiger partial charge in [-0.15, -0.1) is 0 Å². The van der Waals surface area contributed by atoms with E-state index in [2.05, 4.69) is 5.32 Å². The van der Waals surface area contributed by atoms with E-state index in [0.717, 1.165) is 40.8 Å². The van der Waals surface area contributed by atoms with Crippen LogP contribution < -0.4 is 20.5 Å². The summed E-state index contributed by atoms with van der Waals surface area (Å²) in [5, 5.41) is 3.08. The number of ether oxygens (including phenoxy) is 1. The standard InChI is InChI=1S/C30H32N4O3/c1-2-37-27-17-9-6-13-23(27)19-31-29(35)24-14-10-18-33(21-24)28-30(36)34(20-22-11-4-3-5-12-22)26-16-8-7-15-25(26)32-28/h3-9,11-13,15-17,24H,2,10,14,18-21H2,1H3,(H,31,35)/t24-/m1/s1. The van der Waals surface area contributed by atoms with Gasteiger partial charge in [-0.1, -0.05) is 60.7 Å². The third kappa shape index (κ3) is 5.50. The Kier molecular flexibility index (Phi) is 7.49. The molecule has 5 rings (SSSR count). The highest BCUT2D eigenvalue weighted by atomic mass is 16.5. The molecule has 1 aromatic heterocycles. The zero-order chi connectivity index (χ0) is 25.6. The summed E-state index contributed by atoms with van der Waals surface area (Å²) in [7, 11) is 0. The van der Waals surface area contributed by atoms with Gasteiger partial charge in [-0.2, -0.15) is 0 Å². The van der Waals surface area contributed by atoms with Crippen LogP contribution in [-0.4, -0.2) is 35.2 Å². The van der Waals surface area contributed by atoms with Gasteiger partial charge in [-0.25, -0.2) is 4.98 Å². The highest BCUT2D eigenvalue weighted by Gasteiger charge is 2.28. The molecule has 0 unspecified atom stereocenters. The van der Waals surface area contributed by atoms with E-state index in [0.29, 0.717) is 38.6 Å². The van der Waals surface area contributed by atoms with Crippen LogP contribution in [0.25, 0.3) is 11.0 Å². The summed E-state index contributed by atoms with van der Waals surface area (Å²) in [6, 6.07) is 25.4. The summed E-state index contributed by atoms with van der Waals surface area (Å²) in [4.78, 5) is 33.6. The minimum atomic E-state index is -0.219. The number of piperidine rings is 1. The first-order valence-corrected chi connectivity index (χ1v) is 12.9. The summed E-state index contributed by atoms with van der Waals surface area (Å²) in [5.74, 6) is 0.966. The molecule has 7 nitrogen and oxygen atoms in total. The summed E-state index contributed by atoms with van der Waals surface area (Å²) in [6.45, 7) is 4.55. The van der Waals surface area contributed by atoms with Gasteiger partial charge in [0.05, 0.1) is 30.1 Å². The van der Waals surface area contributed by atoms with Crippen LogP contribution in [0.5, 0.6) is 5.75 Å². The van der Waals surface area contributed by atoms with Crippen LogP contribution in [-0.2, 0) is 17.9 Å². The number of hydrogen-bond donors (Lipinski definition) is 1. The van der Waals surface area contributed by atoms with Crippen molar-refractivity contribution in [2.24, 2.45) is 5.92 Å². The molecule has 2 heterocycles. The lowest BCUT2D eigenvalue weighted by atomic mass is 9.97. The summed E-state index contributed by atoms with van der Waals surface area (Å²) in [5.41, 5.74) is 3.45. The van der Waals surface area contributed by atoms with Gasteiger partial charge >= 0.3 is 0 Å². The topological polar surface area (TPSA) is 76.5 Å². The van der Waals surface area contributed by atoms with Crippen LogP contribution in [0.15, 0.2) is 83.7 Å². The molecular weight excluding hydrogens is 464 g/mol. The maximum Gasteiger partial charge on any atom is 0.294 e. The fourth-order valence-corrected chi connectivity index (χ4v) is 4.96. The third-order valence-corrected chi connectivity index (χ3v) is 6.84. The lowest BCUT2D eigenvalue weighted by Gasteiger charge is -2.33. The lowest BCUT2D eigenvalue weighted by molar-refractivity contribution is -0.125. The molecule has 0 bridgehead atoms. The first kappa shape index (κ1) is 24.6. The Balaban J connectivity index is 1.36. The van der Waals surface area contributed by atoms with E-state index in [1.165, 1.54) is 0 Å². The molecule has 0 saturated carbocycles. The second-order valence-electron chi connectivity index (χ2n) is 9.34. The van der Waals surface area contributed by atoms with Gasteiger partial charge in [0.25, 0.3) is 5.56 Å². The number of hydrogen-bond acceptors (Lipinski definition) is 5. The number of para-hydroxylation sites is 3. The van der Waals surface area contributed by atoms with E-state index in [4.69, 9.17) is 9.72 Å². The predicted octanol–water partition coefficient (Wildman–Crippen LogP) is 4.38. The minimum absolute atomic E-state index is 0.0126. The Morgan fingerprint density at radius 1 is 1.03 bits per heavy atom. The van der Waals surface area contributed by atoms with Crippen molar-refractivity contribution in [1.29, 1.82) is 0 Å². The maximum atomic E-state index is 13.7. The number of nitrogens with one attached hydrogen (secondary N) is 1. The number of anilines is 1. The van der Waals surface area contributed by atoms with Crippen LogP contribution in [0.2, 0.25) is 0 Å². The first-order chi connectivity index (χ1) is 18.1. The zero-order valence-electron chi connectivity index (χ0n) is 21.1. The molecule has 1 aliphatic rings. The van der Waals surface area contributed by atoms with Crippen molar-refractivity contribution in [1.82, 2.24) is 14.9 Å². The molecule has 1 aliphatic heterocycles. The monoisotopic (exact) mass is 496 g/mol. The number of rotatable bonds is 8. The summed E-state index contributed by atoms with van der Waals surface area (Å²) >= 11 is 0. The largest absolute Gasteiger partial charge is 0.494 e. The van der Waals surface area contributed by atoms with E-state index < -0.39 is 0 Å². The fraction of sp³-hybridized carbons (Fsp3) is 0.300. The van der Waals surface area contributed by atoms with Crippen molar-refractivity contribution in [2.45, 2.75) is 32.9 Å². The highest BCUT2D eigenvalue weighted by molar-refractivity contribution is 5.80. The van der Waals surface area contributed by atoms with Crippen LogP contribution in [0.1, 0.15) is 30.9 Å². The molecule has 1 N–H and O–H groups in total. The smallest absolute Gasteiger partial charge is 0.294 e. The zero-order valence-corrected chi connectivity index (χ0v) is 21.1. The SMILES string of the molecule is CCOc1ccccc1CNC(=O)[C@@H]1CCCN(c2nc3ccccc3n(Cc3ccccc3)c2=O)C1. The normalized spacial score (nSPS) is 15.5. The lowest BCUT2D eigenvalue weighted by Crippen LogP contribution is -2.45. The Bertz CT molecular complexity index is 1430. The maximum absolute atomic E-state index is 13.7. The number of carbonyl (C=O) groups is 1. The van der Waals surface area contributed by atoms with Crippen LogP contribution in [0, 0.1) is 5.92 Å². The Morgan fingerprint density at radius 2 is 1.78 bits per heavy atom. The van der Waals surface area contributed by atoms with E-state index in [1.54, 1.807) is 4.57 Å². The first-order valence-electron chi connectivity index (χ1n) is 12.9. The molecule has 1 saturated heterocycles. The van der Waals surface area contributed by atoms with Gasteiger partial charge in [0.2, 0.25) is 5.91 Å². The van der Waals surface area contributed by atoms with E-state index in [9.17, 15) is 9.59 Å². The molecule has 4 aromatic rings. The van der Waals surface area contributed by atoms with Crippen molar-refractivity contribution < 1.29 is 9.53 Å². The van der Waals surface area contributed by atoms with E-state index in [-0.39, 0.29) is 17.4 Å². The molecule has 3 aromatic carbocycles. The van der Waals surface area contributed by atoms with Crippen molar-refractivity contribution >= 4 is 22.8 Å². The summed E-state index contributed by atoms with van der Waals surface area (Å²) in [6.07, 6.45) is 1.60. The Labute approximate surface area is 216 Å². The van der Waals surface area contributed by atoms with E-state index in [1.807, 2.05) is 90.7 Å². The number of carbonyl (C=O) groups excluding carboxylic acids is 1. The fourth-order valence-electron chi connectivity index (χ4n) is 4.96. The Morgan fingerprint density at radius 3 is 2.62 bits per heavy atom. The molecule has 37 heavy (non-hydrogen) atoms. The molecule has 1 amide bonds. The number of benzene rings is 3. The Hall–Kier alpha value is -4.13. The average Bonchev–Trinajstić information content (AvgIpc) is 2.94. The molecule has 1 atom stereocenters. The van der Waals surface area contributed by atoms with Crippen molar-refractivity contribution in [3.8, 4) is 5.75 Å².